The zero-order chi connectivity index (χ0) is 12.6. The fourth-order valence-electron chi connectivity index (χ4n) is 1.93. The molecule has 1 aromatic carbocycles. The van der Waals surface area contributed by atoms with Crippen LogP contribution < -0.4 is 5.73 Å². The van der Waals surface area contributed by atoms with Crippen LogP contribution in [0.5, 0.6) is 0 Å². The molecule has 0 aliphatic rings. The zero-order valence-corrected chi connectivity index (χ0v) is 10.9. The van der Waals surface area contributed by atoms with Gasteiger partial charge in [-0.3, -0.25) is 4.79 Å². The Hall–Kier alpha value is -1.33. The second-order valence-corrected chi connectivity index (χ2v) is 4.99. The van der Waals surface area contributed by atoms with Gasteiger partial charge < -0.3 is 15.4 Å². The Morgan fingerprint density at radius 1 is 1.59 bits per heavy atom. The molecule has 5 heteroatoms. The molecule has 0 aliphatic heterocycles. The summed E-state index contributed by atoms with van der Waals surface area (Å²) in [5.41, 5.74) is 7.59. The average molecular weight is 297 g/mol. The number of hydrogen-bond acceptors (Lipinski definition) is 2. The zero-order valence-electron chi connectivity index (χ0n) is 9.35. The molecule has 0 bridgehead atoms. The Kier molecular flexibility index (Phi) is 3.22. The first kappa shape index (κ1) is 12.1. The summed E-state index contributed by atoms with van der Waals surface area (Å²) in [4.78, 5) is 10.8. The first-order chi connectivity index (χ1) is 7.99. The van der Waals surface area contributed by atoms with Gasteiger partial charge in [0.15, 0.2) is 0 Å². The lowest BCUT2D eigenvalue weighted by atomic mass is 10.1. The van der Waals surface area contributed by atoms with E-state index in [-0.39, 0.29) is 0 Å². The van der Waals surface area contributed by atoms with E-state index in [9.17, 15) is 4.79 Å². The van der Waals surface area contributed by atoms with Crippen molar-refractivity contribution in [3.8, 4) is 0 Å². The number of carboxylic acid groups (broad SMARTS) is 1. The number of carbonyl (C=O) groups is 1. The van der Waals surface area contributed by atoms with E-state index >= 15 is 0 Å². The largest absolute Gasteiger partial charge is 0.480 e. The highest BCUT2D eigenvalue weighted by atomic mass is 79.9. The summed E-state index contributed by atoms with van der Waals surface area (Å²) in [7, 11) is 1.94. The molecule has 1 heterocycles. The molecule has 3 N–H and O–H groups in total. The third kappa shape index (κ3) is 2.35. The van der Waals surface area contributed by atoms with Gasteiger partial charge in [-0.1, -0.05) is 22.0 Å². The predicted octanol–water partition coefficient (Wildman–Crippen LogP) is 1.90. The van der Waals surface area contributed by atoms with Gasteiger partial charge in [-0.15, -0.1) is 0 Å². The van der Waals surface area contributed by atoms with Crippen molar-refractivity contribution in [2.75, 3.05) is 0 Å². The monoisotopic (exact) mass is 296 g/mol. The van der Waals surface area contributed by atoms with Gasteiger partial charge in [-0.05, 0) is 17.7 Å². The second-order valence-electron chi connectivity index (χ2n) is 4.08. The number of aromatic nitrogens is 1. The van der Waals surface area contributed by atoms with Gasteiger partial charge in [0.1, 0.15) is 6.04 Å². The van der Waals surface area contributed by atoms with E-state index in [2.05, 4.69) is 15.9 Å². The van der Waals surface area contributed by atoms with Crippen LogP contribution in [0, 0.1) is 0 Å². The molecule has 0 saturated heterocycles. The van der Waals surface area contributed by atoms with Crippen LogP contribution in [0.2, 0.25) is 0 Å². The van der Waals surface area contributed by atoms with Crippen LogP contribution in [-0.4, -0.2) is 21.7 Å². The second kappa shape index (κ2) is 4.50. The van der Waals surface area contributed by atoms with Crippen molar-refractivity contribution in [2.45, 2.75) is 12.5 Å². The summed E-state index contributed by atoms with van der Waals surface area (Å²) in [6.45, 7) is 0. The Labute approximate surface area is 107 Å². The molecule has 2 aromatic rings. The Balaban J connectivity index is 2.45. The number of halogens is 1. The van der Waals surface area contributed by atoms with E-state index in [4.69, 9.17) is 10.8 Å². The quantitative estimate of drug-likeness (QED) is 0.909. The van der Waals surface area contributed by atoms with Crippen LogP contribution in [0.25, 0.3) is 10.9 Å². The van der Waals surface area contributed by atoms with Crippen LogP contribution in [0.1, 0.15) is 5.56 Å². The van der Waals surface area contributed by atoms with Crippen LogP contribution in [0.3, 0.4) is 0 Å². The molecular formula is C12H13BrN2O2. The lowest BCUT2D eigenvalue weighted by molar-refractivity contribution is -0.138. The fourth-order valence-corrected chi connectivity index (χ4v) is 2.28. The van der Waals surface area contributed by atoms with Crippen molar-refractivity contribution < 1.29 is 9.90 Å². The van der Waals surface area contributed by atoms with Crippen molar-refractivity contribution in [3.63, 3.8) is 0 Å². The standard InChI is InChI=1S/C12H13BrN2O2/c1-15-6-7(4-10(14)12(16)17)9-3-2-8(13)5-11(9)15/h2-3,5-6,10H,4,14H2,1H3,(H,16,17)/t10-/m0/s1. The fraction of sp³-hybridized carbons (Fsp3) is 0.250. The van der Waals surface area contributed by atoms with Gasteiger partial charge in [-0.25, -0.2) is 0 Å². The summed E-state index contributed by atoms with van der Waals surface area (Å²) in [5, 5.41) is 9.88. The lowest BCUT2D eigenvalue weighted by Crippen LogP contribution is -2.32. The molecule has 0 saturated carbocycles. The average Bonchev–Trinajstić information content (AvgIpc) is 2.55. The van der Waals surface area contributed by atoms with E-state index in [1.54, 1.807) is 0 Å². The van der Waals surface area contributed by atoms with Crippen LogP contribution >= 0.6 is 15.9 Å². The molecule has 90 valence electrons. The van der Waals surface area contributed by atoms with Crippen molar-refractivity contribution in [1.82, 2.24) is 4.57 Å². The Bertz CT molecular complexity index is 577. The molecule has 1 atom stereocenters. The van der Waals surface area contributed by atoms with Crippen molar-refractivity contribution in [3.05, 3.63) is 34.4 Å². The van der Waals surface area contributed by atoms with Gasteiger partial charge in [0.2, 0.25) is 0 Å². The van der Waals surface area contributed by atoms with Gasteiger partial charge in [-0.2, -0.15) is 0 Å². The van der Waals surface area contributed by atoms with Crippen molar-refractivity contribution >= 4 is 32.8 Å². The number of carboxylic acids is 1. The van der Waals surface area contributed by atoms with Crippen LogP contribution in [0.4, 0.5) is 0 Å². The van der Waals surface area contributed by atoms with E-state index in [0.717, 1.165) is 20.9 Å². The highest BCUT2D eigenvalue weighted by Crippen LogP contribution is 2.25. The predicted molar refractivity (Wildman–Crippen MR) is 69.9 cm³/mol. The minimum atomic E-state index is -0.973. The number of fused-ring (bicyclic) bond motifs is 1. The van der Waals surface area contributed by atoms with E-state index in [1.807, 2.05) is 36.0 Å². The Morgan fingerprint density at radius 3 is 2.94 bits per heavy atom. The van der Waals surface area contributed by atoms with Gasteiger partial charge in [0, 0.05) is 35.0 Å². The molecule has 0 unspecified atom stereocenters. The number of hydrogen-bond donors (Lipinski definition) is 2. The minimum absolute atomic E-state index is 0.342. The molecule has 4 nitrogen and oxygen atoms in total. The van der Waals surface area contributed by atoms with E-state index < -0.39 is 12.0 Å². The molecule has 0 spiro atoms. The molecule has 2 rings (SSSR count). The molecule has 0 fully saturated rings. The van der Waals surface area contributed by atoms with Gasteiger partial charge in [0.05, 0.1) is 0 Å². The lowest BCUT2D eigenvalue weighted by Gasteiger charge is -2.04. The van der Waals surface area contributed by atoms with E-state index in [0.29, 0.717) is 6.42 Å². The summed E-state index contributed by atoms with van der Waals surface area (Å²) in [6, 6.07) is 5.07. The minimum Gasteiger partial charge on any atom is -0.480 e. The number of aliphatic carboxylic acids is 1. The van der Waals surface area contributed by atoms with Gasteiger partial charge in [0.25, 0.3) is 0 Å². The third-order valence-electron chi connectivity index (χ3n) is 2.79. The first-order valence-electron chi connectivity index (χ1n) is 5.21. The first-order valence-corrected chi connectivity index (χ1v) is 6.00. The maximum Gasteiger partial charge on any atom is 0.320 e. The topological polar surface area (TPSA) is 68.2 Å². The molecular weight excluding hydrogens is 284 g/mol. The smallest absolute Gasteiger partial charge is 0.320 e. The number of nitrogens with two attached hydrogens (primary N) is 1. The highest BCUT2D eigenvalue weighted by Gasteiger charge is 2.15. The van der Waals surface area contributed by atoms with Crippen molar-refractivity contribution in [1.29, 1.82) is 0 Å². The highest BCUT2D eigenvalue weighted by molar-refractivity contribution is 9.10. The molecule has 0 amide bonds. The summed E-state index contributed by atoms with van der Waals surface area (Å²) in [6.07, 6.45) is 2.27. The normalized spacial score (nSPS) is 12.9. The maximum atomic E-state index is 10.8. The third-order valence-corrected chi connectivity index (χ3v) is 3.29. The SMILES string of the molecule is Cn1cc(C[C@H](N)C(=O)O)c2ccc(Br)cc21. The molecule has 17 heavy (non-hydrogen) atoms. The summed E-state index contributed by atoms with van der Waals surface area (Å²) in [5.74, 6) is -0.973. The summed E-state index contributed by atoms with van der Waals surface area (Å²) >= 11 is 3.42. The number of rotatable bonds is 3. The van der Waals surface area contributed by atoms with Crippen LogP contribution in [0.15, 0.2) is 28.9 Å². The molecule has 0 aliphatic carbocycles. The van der Waals surface area contributed by atoms with Crippen LogP contribution in [-0.2, 0) is 18.3 Å². The summed E-state index contributed by atoms with van der Waals surface area (Å²) < 4.78 is 2.98. The van der Waals surface area contributed by atoms with Crippen molar-refractivity contribution in [2.24, 2.45) is 12.8 Å². The van der Waals surface area contributed by atoms with E-state index in [1.165, 1.54) is 0 Å². The number of benzene rings is 1. The van der Waals surface area contributed by atoms with Gasteiger partial charge >= 0.3 is 5.97 Å². The number of aryl methyl sites for hydroxylation is 1. The maximum absolute atomic E-state index is 10.8. The Morgan fingerprint density at radius 2 is 2.29 bits per heavy atom. The molecule has 1 aromatic heterocycles. The molecule has 0 radical (unpaired) electrons. The number of nitrogens with zero attached hydrogens (tertiary/aromatic N) is 1.